The average Bonchev–Trinajstić information content (AvgIpc) is 2.71. The first-order valence-corrected chi connectivity index (χ1v) is 6.10. The third-order valence-electron chi connectivity index (χ3n) is 3.02. The molecule has 0 atom stereocenters. The van der Waals surface area contributed by atoms with Crippen molar-refractivity contribution in [3.05, 3.63) is 69.6 Å². The predicted molar refractivity (Wildman–Crippen MR) is 72.7 cm³/mol. The number of rotatable bonds is 1. The Morgan fingerprint density at radius 2 is 2.05 bits per heavy atom. The molecule has 0 unspecified atom stereocenters. The summed E-state index contributed by atoms with van der Waals surface area (Å²) < 4.78 is 16.4. The monoisotopic (exact) mass is 276 g/mol. The molecule has 0 bridgehead atoms. The van der Waals surface area contributed by atoms with E-state index in [4.69, 9.17) is 11.6 Å². The van der Waals surface area contributed by atoms with Gasteiger partial charge in [0.15, 0.2) is 0 Å². The van der Waals surface area contributed by atoms with Crippen LogP contribution in [-0.2, 0) is 0 Å². The molecule has 3 aromatic rings. The lowest BCUT2D eigenvalue weighted by molar-refractivity contribution is 0.626. The minimum atomic E-state index is -0.384. The van der Waals surface area contributed by atoms with Crippen molar-refractivity contribution in [1.29, 1.82) is 0 Å². The van der Waals surface area contributed by atoms with E-state index in [-0.39, 0.29) is 11.4 Å². The zero-order chi connectivity index (χ0) is 13.6. The highest BCUT2D eigenvalue weighted by atomic mass is 35.5. The van der Waals surface area contributed by atoms with Crippen LogP contribution in [0.4, 0.5) is 4.39 Å². The molecule has 2 aromatic heterocycles. The van der Waals surface area contributed by atoms with E-state index in [1.807, 2.05) is 0 Å². The van der Waals surface area contributed by atoms with Crippen LogP contribution in [0.2, 0.25) is 5.02 Å². The van der Waals surface area contributed by atoms with Crippen LogP contribution in [0.25, 0.3) is 11.2 Å². The quantitative estimate of drug-likeness (QED) is 0.670. The van der Waals surface area contributed by atoms with Crippen molar-refractivity contribution in [2.24, 2.45) is 0 Å². The van der Waals surface area contributed by atoms with Crippen LogP contribution in [0.15, 0.2) is 47.5 Å². The average molecular weight is 277 g/mol. The summed E-state index contributed by atoms with van der Waals surface area (Å²) in [7, 11) is 0. The summed E-state index contributed by atoms with van der Waals surface area (Å²) in [6.45, 7) is 1.79. The van der Waals surface area contributed by atoms with Gasteiger partial charge in [-0.05, 0) is 31.2 Å². The van der Waals surface area contributed by atoms with Gasteiger partial charge in [-0.25, -0.2) is 4.39 Å². The zero-order valence-corrected chi connectivity index (χ0v) is 10.9. The van der Waals surface area contributed by atoms with Crippen LogP contribution >= 0.6 is 11.6 Å². The van der Waals surface area contributed by atoms with Gasteiger partial charge in [-0.1, -0.05) is 17.7 Å². The molecule has 96 valence electrons. The van der Waals surface area contributed by atoms with Crippen molar-refractivity contribution >= 4 is 17.1 Å². The second-order valence-corrected chi connectivity index (χ2v) is 4.72. The Balaban J connectivity index is 2.41. The lowest BCUT2D eigenvalue weighted by atomic mass is 10.3. The SMILES string of the molecule is Cc1cn2ccc(Cl)c2c(=O)n1-c1cccc(F)c1. The van der Waals surface area contributed by atoms with E-state index in [1.54, 1.807) is 41.9 Å². The minimum absolute atomic E-state index is 0.263. The lowest BCUT2D eigenvalue weighted by Crippen LogP contribution is -2.22. The Bertz CT molecular complexity index is 835. The Labute approximate surface area is 113 Å². The van der Waals surface area contributed by atoms with Gasteiger partial charge in [0.2, 0.25) is 0 Å². The summed E-state index contributed by atoms with van der Waals surface area (Å²) in [5.41, 5.74) is 1.31. The van der Waals surface area contributed by atoms with Gasteiger partial charge in [0.05, 0.1) is 10.7 Å². The summed E-state index contributed by atoms with van der Waals surface area (Å²) in [6.07, 6.45) is 3.51. The smallest absolute Gasteiger partial charge is 0.281 e. The zero-order valence-electron chi connectivity index (χ0n) is 10.1. The maximum atomic E-state index is 13.3. The van der Waals surface area contributed by atoms with Crippen LogP contribution in [0.5, 0.6) is 0 Å². The van der Waals surface area contributed by atoms with Crippen molar-refractivity contribution in [3.63, 3.8) is 0 Å². The van der Waals surface area contributed by atoms with Crippen molar-refractivity contribution < 1.29 is 4.39 Å². The Hall–Kier alpha value is -2.07. The second kappa shape index (κ2) is 4.24. The number of benzene rings is 1. The van der Waals surface area contributed by atoms with E-state index in [1.165, 1.54) is 16.7 Å². The fourth-order valence-corrected chi connectivity index (χ4v) is 2.44. The van der Waals surface area contributed by atoms with Crippen molar-refractivity contribution in [1.82, 2.24) is 8.97 Å². The van der Waals surface area contributed by atoms with Crippen LogP contribution in [0, 0.1) is 12.7 Å². The summed E-state index contributed by atoms with van der Waals surface area (Å²) in [5, 5.41) is 0.384. The van der Waals surface area contributed by atoms with Gasteiger partial charge in [0.1, 0.15) is 11.3 Å². The largest absolute Gasteiger partial charge is 0.316 e. The third kappa shape index (κ3) is 1.85. The molecule has 0 aliphatic rings. The van der Waals surface area contributed by atoms with Gasteiger partial charge in [0, 0.05) is 18.1 Å². The molecule has 0 aliphatic heterocycles. The third-order valence-corrected chi connectivity index (χ3v) is 3.32. The van der Waals surface area contributed by atoms with Gasteiger partial charge in [-0.3, -0.25) is 9.36 Å². The van der Waals surface area contributed by atoms with E-state index in [2.05, 4.69) is 0 Å². The molecule has 0 radical (unpaired) electrons. The van der Waals surface area contributed by atoms with E-state index in [9.17, 15) is 9.18 Å². The summed E-state index contributed by atoms with van der Waals surface area (Å²) in [6, 6.07) is 7.58. The van der Waals surface area contributed by atoms with E-state index in [0.717, 1.165) is 0 Å². The number of hydrogen-bond acceptors (Lipinski definition) is 1. The number of fused-ring (bicyclic) bond motifs is 1. The maximum absolute atomic E-state index is 13.3. The Kier molecular flexibility index (Phi) is 2.68. The van der Waals surface area contributed by atoms with Crippen LogP contribution < -0.4 is 5.56 Å². The molecule has 1 aromatic carbocycles. The molecule has 0 aliphatic carbocycles. The summed E-state index contributed by atoms with van der Waals surface area (Å²) >= 11 is 6.01. The number of aromatic nitrogens is 2. The molecule has 3 rings (SSSR count). The van der Waals surface area contributed by atoms with Crippen LogP contribution in [0.3, 0.4) is 0 Å². The molecule has 0 spiro atoms. The van der Waals surface area contributed by atoms with Gasteiger partial charge in [0.25, 0.3) is 5.56 Å². The van der Waals surface area contributed by atoms with Crippen LogP contribution in [-0.4, -0.2) is 8.97 Å². The second-order valence-electron chi connectivity index (χ2n) is 4.31. The molecule has 2 heterocycles. The highest BCUT2D eigenvalue weighted by Crippen LogP contribution is 2.17. The normalized spacial score (nSPS) is 11.1. The highest BCUT2D eigenvalue weighted by molar-refractivity contribution is 6.33. The first kappa shape index (κ1) is 12.0. The van der Waals surface area contributed by atoms with Gasteiger partial charge in [-0.15, -0.1) is 0 Å². The first-order valence-electron chi connectivity index (χ1n) is 5.72. The molecule has 5 heteroatoms. The van der Waals surface area contributed by atoms with Gasteiger partial charge < -0.3 is 4.40 Å². The minimum Gasteiger partial charge on any atom is -0.316 e. The first-order chi connectivity index (χ1) is 9.08. The van der Waals surface area contributed by atoms with Gasteiger partial charge in [-0.2, -0.15) is 0 Å². The van der Waals surface area contributed by atoms with E-state index >= 15 is 0 Å². The van der Waals surface area contributed by atoms with E-state index in [0.29, 0.717) is 21.9 Å². The fraction of sp³-hybridized carbons (Fsp3) is 0.0714. The van der Waals surface area contributed by atoms with Crippen LogP contribution in [0.1, 0.15) is 5.69 Å². The number of hydrogen-bond donors (Lipinski definition) is 0. The topological polar surface area (TPSA) is 26.4 Å². The number of halogens is 2. The summed E-state index contributed by atoms with van der Waals surface area (Å²) in [4.78, 5) is 12.5. The van der Waals surface area contributed by atoms with Gasteiger partial charge >= 0.3 is 0 Å². The molecule has 3 nitrogen and oxygen atoms in total. The maximum Gasteiger partial charge on any atom is 0.281 e. The summed E-state index contributed by atoms with van der Waals surface area (Å²) in [5.74, 6) is -0.384. The standard InChI is InChI=1S/C14H10ClFN2O/c1-9-8-17-6-5-12(15)13(17)14(19)18(9)11-4-2-3-10(16)7-11/h2-8H,1H3. The van der Waals surface area contributed by atoms with Crippen molar-refractivity contribution in [2.75, 3.05) is 0 Å². The Morgan fingerprint density at radius 1 is 1.26 bits per heavy atom. The molecule has 0 amide bonds. The van der Waals surface area contributed by atoms with E-state index < -0.39 is 0 Å². The predicted octanol–water partition coefficient (Wildman–Crippen LogP) is 3.19. The Morgan fingerprint density at radius 3 is 2.79 bits per heavy atom. The molecule has 19 heavy (non-hydrogen) atoms. The number of nitrogens with zero attached hydrogens (tertiary/aromatic N) is 2. The molecular formula is C14H10ClFN2O. The lowest BCUT2D eigenvalue weighted by Gasteiger charge is -2.11. The molecule has 0 fully saturated rings. The highest BCUT2D eigenvalue weighted by Gasteiger charge is 2.11. The van der Waals surface area contributed by atoms with Crippen molar-refractivity contribution in [3.8, 4) is 5.69 Å². The van der Waals surface area contributed by atoms with Crippen molar-refractivity contribution in [2.45, 2.75) is 6.92 Å². The number of aryl methyl sites for hydroxylation is 1. The molecule has 0 N–H and O–H groups in total. The molecule has 0 saturated heterocycles. The fourth-order valence-electron chi connectivity index (χ4n) is 2.20. The molecular weight excluding hydrogens is 267 g/mol. The molecule has 0 saturated carbocycles.